The van der Waals surface area contributed by atoms with Gasteiger partial charge < -0.3 is 10.2 Å². The summed E-state index contributed by atoms with van der Waals surface area (Å²) >= 11 is 0. The Morgan fingerprint density at radius 1 is 1.12 bits per heavy atom. The Morgan fingerprint density at radius 2 is 1.82 bits per heavy atom. The molecule has 1 saturated heterocycles. The first-order valence-electron chi connectivity index (χ1n) is 10.3. The quantitative estimate of drug-likeness (QED) is 0.556. The molecular formula is C20H22F3N7O3S. The van der Waals surface area contributed by atoms with E-state index in [1.54, 1.807) is 31.2 Å². The summed E-state index contributed by atoms with van der Waals surface area (Å²) in [5, 5.41) is 13.5. The summed E-state index contributed by atoms with van der Waals surface area (Å²) in [5.41, 5.74) is 1.54. The Balaban J connectivity index is 1.41. The average molecular weight is 498 g/mol. The van der Waals surface area contributed by atoms with Crippen LogP contribution in [0.1, 0.15) is 24.2 Å². The van der Waals surface area contributed by atoms with E-state index < -0.39 is 22.0 Å². The minimum Gasteiger partial charge on any atom is -0.355 e. The number of carbonyl (C=O) groups excluding carboxylic acids is 1. The maximum absolute atomic E-state index is 13.1. The van der Waals surface area contributed by atoms with Crippen LogP contribution in [0.25, 0.3) is 5.65 Å². The van der Waals surface area contributed by atoms with Crippen LogP contribution < -0.4 is 14.9 Å². The molecule has 0 aliphatic carbocycles. The lowest BCUT2D eigenvalue weighted by Gasteiger charge is -2.32. The lowest BCUT2D eigenvalue weighted by molar-refractivity contribution is -0.146. The van der Waals surface area contributed by atoms with Crippen molar-refractivity contribution >= 4 is 38.8 Å². The Morgan fingerprint density at radius 3 is 2.47 bits per heavy atom. The van der Waals surface area contributed by atoms with Crippen molar-refractivity contribution in [3.05, 3.63) is 41.7 Å². The summed E-state index contributed by atoms with van der Waals surface area (Å²) in [4.78, 5) is 14.6. The highest BCUT2D eigenvalue weighted by Gasteiger charge is 2.38. The van der Waals surface area contributed by atoms with Gasteiger partial charge in [-0.15, -0.1) is 15.3 Å². The summed E-state index contributed by atoms with van der Waals surface area (Å²) in [5.74, 6) is -1.38. The van der Waals surface area contributed by atoms with Crippen molar-refractivity contribution in [3.63, 3.8) is 0 Å². The number of nitrogens with one attached hydrogen (secondary N) is 2. The fourth-order valence-electron chi connectivity index (χ4n) is 3.75. The van der Waals surface area contributed by atoms with E-state index in [1.165, 1.54) is 6.07 Å². The number of anilines is 3. The standard InChI is InChI=1S/C20H22F3N7O3S/c1-12-3-4-14(11-15(12)28-34(2,32)33)24-18(31)13-7-9-29(10-8-13)17-6-5-16-25-26-19(20(21,22)23)30(16)27-17/h3-6,11,13,28H,7-10H2,1-2H3,(H,24,31). The molecule has 0 spiro atoms. The predicted molar refractivity (Wildman–Crippen MR) is 119 cm³/mol. The van der Waals surface area contributed by atoms with Crippen LogP contribution in [0.15, 0.2) is 30.3 Å². The number of amides is 1. The van der Waals surface area contributed by atoms with Crippen molar-refractivity contribution in [1.82, 2.24) is 19.8 Å². The molecule has 1 aliphatic heterocycles. The molecule has 0 radical (unpaired) electrons. The third-order valence-electron chi connectivity index (χ3n) is 5.49. The zero-order valence-electron chi connectivity index (χ0n) is 18.3. The summed E-state index contributed by atoms with van der Waals surface area (Å²) in [6, 6.07) is 7.94. The zero-order valence-corrected chi connectivity index (χ0v) is 19.1. The molecule has 0 unspecified atom stereocenters. The van der Waals surface area contributed by atoms with Gasteiger partial charge in [-0.1, -0.05) is 6.07 Å². The van der Waals surface area contributed by atoms with Crippen LogP contribution in [0.3, 0.4) is 0 Å². The number of nitrogens with zero attached hydrogens (tertiary/aromatic N) is 5. The van der Waals surface area contributed by atoms with Crippen LogP contribution >= 0.6 is 0 Å². The van der Waals surface area contributed by atoms with E-state index in [0.717, 1.165) is 6.26 Å². The van der Waals surface area contributed by atoms with E-state index >= 15 is 0 Å². The lowest BCUT2D eigenvalue weighted by atomic mass is 9.95. The molecule has 1 fully saturated rings. The minimum absolute atomic E-state index is 0.00633. The highest BCUT2D eigenvalue weighted by Crippen LogP contribution is 2.29. The Hall–Kier alpha value is -3.42. The second-order valence-electron chi connectivity index (χ2n) is 8.14. The van der Waals surface area contributed by atoms with E-state index in [9.17, 15) is 26.4 Å². The van der Waals surface area contributed by atoms with Crippen LogP contribution in [0.5, 0.6) is 0 Å². The number of benzene rings is 1. The number of rotatable bonds is 5. The number of halogens is 3. The van der Waals surface area contributed by atoms with Gasteiger partial charge in [0.1, 0.15) is 5.82 Å². The molecule has 34 heavy (non-hydrogen) atoms. The number of hydrogen-bond acceptors (Lipinski definition) is 7. The molecule has 2 aromatic heterocycles. The monoisotopic (exact) mass is 497 g/mol. The van der Waals surface area contributed by atoms with Crippen molar-refractivity contribution in [2.24, 2.45) is 5.92 Å². The third-order valence-corrected chi connectivity index (χ3v) is 6.08. The van der Waals surface area contributed by atoms with Crippen LogP contribution in [-0.2, 0) is 21.0 Å². The van der Waals surface area contributed by atoms with Crippen LogP contribution in [-0.4, -0.2) is 53.5 Å². The van der Waals surface area contributed by atoms with E-state index in [0.29, 0.717) is 53.2 Å². The van der Waals surface area contributed by atoms with E-state index in [1.807, 2.05) is 4.90 Å². The molecule has 3 heterocycles. The van der Waals surface area contributed by atoms with Gasteiger partial charge in [0, 0.05) is 24.7 Å². The van der Waals surface area contributed by atoms with Crippen molar-refractivity contribution in [2.45, 2.75) is 25.9 Å². The van der Waals surface area contributed by atoms with Gasteiger partial charge in [-0.2, -0.15) is 17.7 Å². The number of carbonyl (C=O) groups is 1. The smallest absolute Gasteiger partial charge is 0.355 e. The Kier molecular flexibility index (Phi) is 6.10. The zero-order chi connectivity index (χ0) is 24.7. The molecule has 1 amide bonds. The van der Waals surface area contributed by atoms with Gasteiger partial charge in [0.05, 0.1) is 11.9 Å². The van der Waals surface area contributed by atoms with Gasteiger partial charge in [0.15, 0.2) is 5.65 Å². The van der Waals surface area contributed by atoms with E-state index in [2.05, 4.69) is 25.3 Å². The third kappa shape index (κ3) is 5.21. The number of sulfonamides is 1. The molecule has 0 bridgehead atoms. The SMILES string of the molecule is Cc1ccc(NC(=O)C2CCN(c3ccc4nnc(C(F)(F)F)n4n3)CC2)cc1NS(C)(=O)=O. The van der Waals surface area contributed by atoms with E-state index in [-0.39, 0.29) is 17.5 Å². The number of hydrogen-bond donors (Lipinski definition) is 2. The highest BCUT2D eigenvalue weighted by atomic mass is 32.2. The maximum Gasteiger partial charge on any atom is 0.453 e. The van der Waals surface area contributed by atoms with Gasteiger partial charge in [-0.25, -0.2) is 8.42 Å². The second-order valence-corrected chi connectivity index (χ2v) is 9.89. The van der Waals surface area contributed by atoms with Crippen LogP contribution in [0.4, 0.5) is 30.4 Å². The van der Waals surface area contributed by atoms with E-state index in [4.69, 9.17) is 0 Å². The van der Waals surface area contributed by atoms with Crippen LogP contribution in [0, 0.1) is 12.8 Å². The molecule has 0 saturated carbocycles. The summed E-state index contributed by atoms with van der Waals surface area (Å²) in [6.45, 7) is 2.60. The first kappa shape index (κ1) is 23.7. The summed E-state index contributed by atoms with van der Waals surface area (Å²) in [6.07, 6.45) is -2.69. The van der Waals surface area contributed by atoms with Crippen molar-refractivity contribution < 1.29 is 26.4 Å². The molecule has 3 aromatic rings. The Bertz CT molecular complexity index is 1330. The molecule has 0 atom stereocenters. The Labute approximate surface area is 193 Å². The predicted octanol–water partition coefficient (Wildman–Crippen LogP) is 2.68. The highest BCUT2D eigenvalue weighted by molar-refractivity contribution is 7.92. The maximum atomic E-state index is 13.1. The van der Waals surface area contributed by atoms with Gasteiger partial charge in [0.2, 0.25) is 15.9 Å². The summed E-state index contributed by atoms with van der Waals surface area (Å²) in [7, 11) is -3.46. The average Bonchev–Trinajstić information content (AvgIpc) is 3.19. The topological polar surface area (TPSA) is 122 Å². The largest absolute Gasteiger partial charge is 0.453 e. The van der Waals surface area contributed by atoms with Crippen molar-refractivity contribution in [2.75, 3.05) is 34.3 Å². The molecule has 182 valence electrons. The molecule has 1 aliphatic rings. The number of aromatic nitrogens is 4. The first-order chi connectivity index (χ1) is 15.9. The first-order valence-corrected chi connectivity index (χ1v) is 12.2. The number of fused-ring (bicyclic) bond motifs is 1. The fraction of sp³-hybridized carbons (Fsp3) is 0.400. The summed E-state index contributed by atoms with van der Waals surface area (Å²) < 4.78 is 65.5. The number of alkyl halides is 3. The molecule has 1 aromatic carbocycles. The van der Waals surface area contributed by atoms with Crippen molar-refractivity contribution in [1.29, 1.82) is 0 Å². The normalized spacial score (nSPS) is 15.5. The van der Waals surface area contributed by atoms with Gasteiger partial charge >= 0.3 is 6.18 Å². The van der Waals surface area contributed by atoms with Crippen molar-refractivity contribution in [3.8, 4) is 0 Å². The second kappa shape index (κ2) is 8.74. The molecule has 10 nitrogen and oxygen atoms in total. The minimum atomic E-state index is -4.68. The molecule has 2 N–H and O–H groups in total. The molecule has 4 rings (SSSR count). The van der Waals surface area contributed by atoms with Gasteiger partial charge in [0.25, 0.3) is 5.82 Å². The van der Waals surface area contributed by atoms with Gasteiger partial charge in [-0.3, -0.25) is 9.52 Å². The van der Waals surface area contributed by atoms with Crippen LogP contribution in [0.2, 0.25) is 0 Å². The number of aryl methyl sites for hydroxylation is 1. The number of piperidine rings is 1. The molecular weight excluding hydrogens is 475 g/mol. The molecule has 14 heteroatoms. The lowest BCUT2D eigenvalue weighted by Crippen LogP contribution is -2.38. The van der Waals surface area contributed by atoms with Gasteiger partial charge in [-0.05, 0) is 49.6 Å². The fourth-order valence-corrected chi connectivity index (χ4v) is 4.37.